The maximum Gasteiger partial charge on any atom is 0.191 e. The fourth-order valence-electron chi connectivity index (χ4n) is 2.60. The van der Waals surface area contributed by atoms with Crippen molar-refractivity contribution < 1.29 is 0 Å². The van der Waals surface area contributed by atoms with Crippen LogP contribution >= 0.6 is 35.7 Å². The van der Waals surface area contributed by atoms with Gasteiger partial charge in [-0.1, -0.05) is 6.42 Å². The van der Waals surface area contributed by atoms with E-state index in [1.807, 2.05) is 11.8 Å². The molecule has 0 radical (unpaired) electrons. The number of halogens is 1. The van der Waals surface area contributed by atoms with Gasteiger partial charge in [0.1, 0.15) is 0 Å². The molecule has 0 amide bonds. The van der Waals surface area contributed by atoms with Crippen LogP contribution in [0.15, 0.2) is 4.99 Å². The van der Waals surface area contributed by atoms with Crippen LogP contribution in [0.4, 0.5) is 0 Å². The Morgan fingerprint density at radius 2 is 2.00 bits per heavy atom. The number of thioether (sulfide) groups is 1. The first-order valence-corrected chi connectivity index (χ1v) is 9.56. The number of hydrogen-bond acceptors (Lipinski definition) is 3. The summed E-state index contributed by atoms with van der Waals surface area (Å²) < 4.78 is 0. The van der Waals surface area contributed by atoms with Crippen molar-refractivity contribution in [1.82, 2.24) is 16.0 Å². The fourth-order valence-corrected chi connectivity index (χ4v) is 3.43. The van der Waals surface area contributed by atoms with E-state index in [0.717, 1.165) is 30.8 Å². The Morgan fingerprint density at radius 1 is 1.27 bits per heavy atom. The van der Waals surface area contributed by atoms with Crippen molar-refractivity contribution >= 4 is 41.7 Å². The van der Waals surface area contributed by atoms with E-state index < -0.39 is 0 Å². The molecule has 0 aromatic rings. The largest absolute Gasteiger partial charge is 0.357 e. The summed E-state index contributed by atoms with van der Waals surface area (Å²) in [7, 11) is 0. The maximum atomic E-state index is 4.69. The third-order valence-electron chi connectivity index (χ3n) is 3.68. The van der Waals surface area contributed by atoms with Gasteiger partial charge in [-0.3, -0.25) is 4.99 Å². The molecule has 0 heterocycles. The highest BCUT2D eigenvalue weighted by atomic mass is 127. The molecule has 0 bridgehead atoms. The van der Waals surface area contributed by atoms with Crippen LogP contribution in [0.3, 0.4) is 0 Å². The lowest BCUT2D eigenvalue weighted by atomic mass is 9.95. The second-order valence-electron chi connectivity index (χ2n) is 6.80. The summed E-state index contributed by atoms with van der Waals surface area (Å²) in [5, 5.41) is 11.3. The molecule has 4 nitrogen and oxygen atoms in total. The van der Waals surface area contributed by atoms with Gasteiger partial charge < -0.3 is 16.0 Å². The molecule has 2 unspecified atom stereocenters. The first-order valence-electron chi connectivity index (χ1n) is 8.27. The summed E-state index contributed by atoms with van der Waals surface area (Å²) in [4.78, 5) is 4.69. The summed E-state index contributed by atoms with van der Waals surface area (Å²) in [6.45, 7) is 11.3. The maximum absolute atomic E-state index is 4.69. The number of nitrogens with zero attached hydrogens (tertiary/aromatic N) is 1. The van der Waals surface area contributed by atoms with Crippen LogP contribution in [0.5, 0.6) is 0 Å². The van der Waals surface area contributed by atoms with Gasteiger partial charge in [-0.05, 0) is 53.2 Å². The summed E-state index contributed by atoms with van der Waals surface area (Å²) in [5.74, 6) is 0.972. The lowest BCUT2D eigenvalue weighted by Gasteiger charge is -2.30. The molecule has 1 rings (SSSR count). The second kappa shape index (κ2) is 11.8. The Balaban J connectivity index is 0.00000441. The Morgan fingerprint density at radius 3 is 2.59 bits per heavy atom. The summed E-state index contributed by atoms with van der Waals surface area (Å²) in [6.07, 6.45) is 7.44. The van der Waals surface area contributed by atoms with E-state index in [-0.39, 0.29) is 29.5 Å². The van der Waals surface area contributed by atoms with Crippen LogP contribution in [0.2, 0.25) is 0 Å². The highest BCUT2D eigenvalue weighted by Crippen LogP contribution is 2.26. The van der Waals surface area contributed by atoms with Crippen molar-refractivity contribution in [2.24, 2.45) is 4.99 Å². The molecule has 0 aromatic carbocycles. The van der Waals surface area contributed by atoms with E-state index in [0.29, 0.717) is 6.04 Å². The Kier molecular flexibility index (Phi) is 12.0. The van der Waals surface area contributed by atoms with Gasteiger partial charge in [-0.25, -0.2) is 0 Å². The molecule has 1 aliphatic rings. The minimum Gasteiger partial charge on any atom is -0.357 e. The first-order chi connectivity index (χ1) is 9.94. The summed E-state index contributed by atoms with van der Waals surface area (Å²) >= 11 is 2.00. The van der Waals surface area contributed by atoms with Gasteiger partial charge in [-0.15, -0.1) is 24.0 Å². The van der Waals surface area contributed by atoms with E-state index in [4.69, 9.17) is 0 Å². The predicted octanol–water partition coefficient (Wildman–Crippen LogP) is 3.22. The van der Waals surface area contributed by atoms with Gasteiger partial charge >= 0.3 is 0 Å². The molecule has 1 aliphatic carbocycles. The Hall–Kier alpha value is 0.310. The number of guanidine groups is 1. The van der Waals surface area contributed by atoms with Crippen LogP contribution in [0, 0.1) is 0 Å². The zero-order valence-corrected chi connectivity index (χ0v) is 18.0. The smallest absolute Gasteiger partial charge is 0.191 e. The van der Waals surface area contributed by atoms with Gasteiger partial charge in [-0.2, -0.15) is 11.8 Å². The van der Waals surface area contributed by atoms with Crippen LogP contribution in [-0.4, -0.2) is 48.7 Å². The number of nitrogens with one attached hydrogen (secondary N) is 3. The van der Waals surface area contributed by atoms with Gasteiger partial charge in [0.2, 0.25) is 0 Å². The third-order valence-corrected chi connectivity index (χ3v) is 4.78. The van der Waals surface area contributed by atoms with Crippen LogP contribution in [0.1, 0.15) is 53.4 Å². The molecule has 1 saturated carbocycles. The average Bonchev–Trinajstić information content (AvgIpc) is 2.43. The van der Waals surface area contributed by atoms with Crippen molar-refractivity contribution in [1.29, 1.82) is 0 Å². The molecule has 2 atom stereocenters. The standard InChI is InChI=1S/C16H34N4S.HI/c1-6-17-15(18-10-11-19-16(2,3)4)20-13-8-7-9-14(12-13)21-5;/h13-14,19H,6-12H2,1-5H3,(H2,17,18,20);1H. The van der Waals surface area contributed by atoms with Crippen LogP contribution < -0.4 is 16.0 Å². The third kappa shape index (κ3) is 10.2. The highest BCUT2D eigenvalue weighted by Gasteiger charge is 2.21. The quantitative estimate of drug-likeness (QED) is 0.256. The lowest BCUT2D eigenvalue weighted by molar-refractivity contribution is 0.417. The normalized spacial score (nSPS) is 22.9. The highest BCUT2D eigenvalue weighted by molar-refractivity contribution is 14.0. The van der Waals surface area contributed by atoms with Crippen molar-refractivity contribution in [3.8, 4) is 0 Å². The number of rotatable bonds is 6. The van der Waals surface area contributed by atoms with E-state index in [2.05, 4.69) is 54.9 Å². The average molecular weight is 442 g/mol. The molecule has 0 spiro atoms. The molecule has 132 valence electrons. The lowest BCUT2D eigenvalue weighted by Crippen LogP contribution is -2.46. The van der Waals surface area contributed by atoms with Gasteiger partial charge in [0, 0.05) is 29.9 Å². The van der Waals surface area contributed by atoms with Gasteiger partial charge in [0.25, 0.3) is 0 Å². The molecule has 1 fully saturated rings. The van der Waals surface area contributed by atoms with Gasteiger partial charge in [0.15, 0.2) is 5.96 Å². The Labute approximate surface area is 158 Å². The fraction of sp³-hybridized carbons (Fsp3) is 0.938. The summed E-state index contributed by atoms with van der Waals surface area (Å²) in [6, 6.07) is 0.574. The molecule has 0 aromatic heterocycles. The molecule has 22 heavy (non-hydrogen) atoms. The molecule has 3 N–H and O–H groups in total. The van der Waals surface area contributed by atoms with Crippen molar-refractivity contribution in [2.75, 3.05) is 25.9 Å². The molecule has 0 saturated heterocycles. The van der Waals surface area contributed by atoms with Crippen molar-refractivity contribution in [2.45, 2.75) is 70.2 Å². The van der Waals surface area contributed by atoms with Crippen molar-refractivity contribution in [3.05, 3.63) is 0 Å². The van der Waals surface area contributed by atoms with Crippen LogP contribution in [0.25, 0.3) is 0 Å². The van der Waals surface area contributed by atoms with Crippen molar-refractivity contribution in [3.63, 3.8) is 0 Å². The minimum atomic E-state index is 0. The second-order valence-corrected chi connectivity index (χ2v) is 7.94. The Bertz CT molecular complexity index is 318. The van der Waals surface area contributed by atoms with E-state index in [1.165, 1.54) is 25.7 Å². The molecule has 6 heteroatoms. The number of hydrogen-bond donors (Lipinski definition) is 3. The zero-order chi connectivity index (χ0) is 15.7. The SMILES string of the molecule is CCNC(=NCCNC(C)(C)C)NC1CCCC(SC)C1.I. The van der Waals surface area contributed by atoms with E-state index >= 15 is 0 Å². The first kappa shape index (κ1) is 22.3. The van der Waals surface area contributed by atoms with E-state index in [1.54, 1.807) is 0 Å². The monoisotopic (exact) mass is 442 g/mol. The number of aliphatic imine (C=N–C) groups is 1. The van der Waals surface area contributed by atoms with E-state index in [9.17, 15) is 0 Å². The molecular weight excluding hydrogens is 407 g/mol. The minimum absolute atomic E-state index is 0. The molecular formula is C16H35IN4S. The zero-order valence-electron chi connectivity index (χ0n) is 14.9. The topological polar surface area (TPSA) is 48.5 Å². The van der Waals surface area contributed by atoms with Crippen LogP contribution in [-0.2, 0) is 0 Å². The summed E-state index contributed by atoms with van der Waals surface area (Å²) in [5.41, 5.74) is 0.163. The molecule has 0 aliphatic heterocycles. The van der Waals surface area contributed by atoms with Gasteiger partial charge in [0.05, 0.1) is 6.54 Å². The predicted molar refractivity (Wildman–Crippen MR) is 112 cm³/mol.